The standard InChI is InChI=1S/C29H39F3N6O5S/c1-5-13-36-14-9-23(34-36)44(41,42)35-25(39)20-6-7-22(33-24(20)38-18-19(2)17-27(38,3)4)37-15-8-21(26(37)40)43-16-12-28(10-11-28)29(30,31)32/h6-7,9,14,19,21H,5,8,10-13,15-18H2,1-4H3,(H,35,39). The smallest absolute Gasteiger partial charge is 0.368 e. The molecule has 2 aromatic rings. The molecule has 1 saturated carbocycles. The number of sulfonamides is 1. The van der Waals surface area contributed by atoms with Crippen LogP contribution in [0.1, 0.15) is 76.6 Å². The minimum absolute atomic E-state index is 0.0221. The van der Waals surface area contributed by atoms with Gasteiger partial charge in [-0.3, -0.25) is 19.2 Å². The Balaban J connectivity index is 1.36. The lowest BCUT2D eigenvalue weighted by atomic mass is 9.97. The van der Waals surface area contributed by atoms with E-state index in [1.165, 1.54) is 34.0 Å². The summed E-state index contributed by atoms with van der Waals surface area (Å²) in [6.45, 7) is 9.15. The van der Waals surface area contributed by atoms with Crippen LogP contribution in [0.25, 0.3) is 0 Å². The second-order valence-corrected chi connectivity index (χ2v) is 14.4. The van der Waals surface area contributed by atoms with Crippen molar-refractivity contribution in [1.82, 2.24) is 19.5 Å². The van der Waals surface area contributed by atoms with E-state index in [1.807, 2.05) is 25.7 Å². The van der Waals surface area contributed by atoms with E-state index in [0.29, 0.717) is 13.1 Å². The lowest BCUT2D eigenvalue weighted by Crippen LogP contribution is -2.41. The Morgan fingerprint density at radius 2 is 1.93 bits per heavy atom. The number of hydrogen-bond donors (Lipinski definition) is 1. The number of carbonyl (C=O) groups is 2. The minimum Gasteiger partial charge on any atom is -0.368 e. The molecule has 15 heteroatoms. The van der Waals surface area contributed by atoms with Gasteiger partial charge in [0.2, 0.25) is 0 Å². The molecule has 3 aliphatic rings. The SMILES string of the molecule is CCCn1ccc(S(=O)(=O)NC(=O)c2ccc(N3CCC(OCCC4(C(F)(F)F)CC4)C3=O)nc2N2CC(C)CC2(C)C)n1. The van der Waals surface area contributed by atoms with Crippen LogP contribution in [0, 0.1) is 11.3 Å². The van der Waals surface area contributed by atoms with Crippen LogP contribution < -0.4 is 14.5 Å². The molecule has 4 heterocycles. The average molecular weight is 641 g/mol. The zero-order valence-corrected chi connectivity index (χ0v) is 26.2. The lowest BCUT2D eigenvalue weighted by Gasteiger charge is -2.34. The van der Waals surface area contributed by atoms with Crippen LogP contribution in [0.15, 0.2) is 29.4 Å². The maximum absolute atomic E-state index is 13.5. The molecule has 2 aliphatic heterocycles. The minimum atomic E-state index is -4.28. The Labute approximate surface area is 255 Å². The average Bonchev–Trinajstić information content (AvgIpc) is 3.28. The Morgan fingerprint density at radius 1 is 1.20 bits per heavy atom. The molecule has 2 amide bonds. The highest BCUT2D eigenvalue weighted by Gasteiger charge is 2.62. The molecule has 2 aromatic heterocycles. The summed E-state index contributed by atoms with van der Waals surface area (Å²) >= 11 is 0. The number of anilines is 2. The molecule has 5 rings (SSSR count). The van der Waals surface area contributed by atoms with Crippen LogP contribution in [0.3, 0.4) is 0 Å². The number of carbonyl (C=O) groups excluding carboxylic acids is 2. The highest BCUT2D eigenvalue weighted by Crippen LogP contribution is 2.60. The van der Waals surface area contributed by atoms with Gasteiger partial charge in [0.25, 0.3) is 21.8 Å². The molecule has 2 saturated heterocycles. The summed E-state index contributed by atoms with van der Waals surface area (Å²) in [5.41, 5.74) is -2.10. The number of ether oxygens (including phenoxy) is 1. The van der Waals surface area contributed by atoms with Gasteiger partial charge in [-0.2, -0.15) is 26.7 Å². The largest absolute Gasteiger partial charge is 0.394 e. The van der Waals surface area contributed by atoms with Gasteiger partial charge in [0.05, 0.1) is 11.0 Å². The molecule has 11 nitrogen and oxygen atoms in total. The zero-order valence-electron chi connectivity index (χ0n) is 25.4. The summed E-state index contributed by atoms with van der Waals surface area (Å²) in [6, 6.07) is 4.24. The van der Waals surface area contributed by atoms with E-state index in [1.54, 1.807) is 0 Å². The predicted molar refractivity (Wildman–Crippen MR) is 156 cm³/mol. The summed E-state index contributed by atoms with van der Waals surface area (Å²) in [7, 11) is -4.28. The Kier molecular flexibility index (Phi) is 8.51. The molecule has 0 radical (unpaired) electrons. The van der Waals surface area contributed by atoms with Crippen molar-refractivity contribution < 1.29 is 35.9 Å². The zero-order chi connectivity index (χ0) is 32.1. The molecule has 242 valence electrons. The van der Waals surface area contributed by atoms with Gasteiger partial charge in [0.1, 0.15) is 17.7 Å². The summed E-state index contributed by atoms with van der Waals surface area (Å²) in [5, 5.41) is 3.78. The highest BCUT2D eigenvalue weighted by atomic mass is 32.2. The number of aryl methyl sites for hydroxylation is 1. The number of rotatable bonds is 11. The van der Waals surface area contributed by atoms with E-state index in [9.17, 15) is 31.2 Å². The fourth-order valence-corrected chi connectivity index (χ4v) is 7.17. The number of pyridine rings is 1. The summed E-state index contributed by atoms with van der Waals surface area (Å²) in [4.78, 5) is 34.8. The second kappa shape index (κ2) is 11.6. The fourth-order valence-electron chi connectivity index (χ4n) is 6.26. The van der Waals surface area contributed by atoms with Gasteiger partial charge in [-0.25, -0.2) is 9.71 Å². The predicted octanol–water partition coefficient (Wildman–Crippen LogP) is 4.29. The van der Waals surface area contributed by atoms with Crippen LogP contribution in [0.5, 0.6) is 0 Å². The second-order valence-electron chi connectivity index (χ2n) is 12.8. The van der Waals surface area contributed by atoms with Crippen LogP contribution >= 0.6 is 0 Å². The summed E-state index contributed by atoms with van der Waals surface area (Å²) in [5.74, 6) is -0.559. The number of nitrogens with zero attached hydrogens (tertiary/aromatic N) is 5. The Bertz CT molecular complexity index is 1520. The number of hydrogen-bond acceptors (Lipinski definition) is 8. The summed E-state index contributed by atoms with van der Waals surface area (Å²) < 4.78 is 75.2. The molecule has 1 N–H and O–H groups in total. The first kappa shape index (κ1) is 32.2. The molecular weight excluding hydrogens is 601 g/mol. The number of halogens is 3. The van der Waals surface area contributed by atoms with Crippen molar-refractivity contribution in [2.75, 3.05) is 29.5 Å². The van der Waals surface area contributed by atoms with Crippen LogP contribution in [0.2, 0.25) is 0 Å². The van der Waals surface area contributed by atoms with E-state index >= 15 is 0 Å². The first-order valence-electron chi connectivity index (χ1n) is 15.0. The van der Waals surface area contributed by atoms with Crippen LogP contribution in [-0.4, -0.2) is 72.5 Å². The molecule has 2 atom stereocenters. The van der Waals surface area contributed by atoms with Crippen LogP contribution in [-0.2, 0) is 26.1 Å². The van der Waals surface area contributed by atoms with Crippen molar-refractivity contribution in [1.29, 1.82) is 0 Å². The topological polar surface area (TPSA) is 127 Å². The van der Waals surface area contributed by atoms with Crippen molar-refractivity contribution in [3.05, 3.63) is 30.0 Å². The highest BCUT2D eigenvalue weighted by molar-refractivity contribution is 7.90. The molecule has 1 aliphatic carbocycles. The first-order chi connectivity index (χ1) is 20.6. The Morgan fingerprint density at radius 3 is 2.55 bits per heavy atom. The van der Waals surface area contributed by atoms with Gasteiger partial charge in [0, 0.05) is 44.4 Å². The number of alkyl halides is 3. The van der Waals surface area contributed by atoms with Crippen molar-refractivity contribution in [3.8, 4) is 0 Å². The number of nitrogens with one attached hydrogen (secondary N) is 1. The quantitative estimate of drug-likeness (QED) is 0.386. The Hall–Kier alpha value is -3.20. The van der Waals surface area contributed by atoms with Gasteiger partial charge < -0.3 is 9.64 Å². The lowest BCUT2D eigenvalue weighted by molar-refractivity contribution is -0.192. The fraction of sp³-hybridized carbons (Fsp3) is 0.655. The van der Waals surface area contributed by atoms with Gasteiger partial charge in [-0.15, -0.1) is 0 Å². The third-order valence-electron chi connectivity index (χ3n) is 8.79. The van der Waals surface area contributed by atoms with Crippen molar-refractivity contribution in [3.63, 3.8) is 0 Å². The summed E-state index contributed by atoms with van der Waals surface area (Å²) in [6.07, 6.45) is -1.85. The van der Waals surface area contributed by atoms with Crippen molar-refractivity contribution >= 4 is 33.5 Å². The monoisotopic (exact) mass is 640 g/mol. The van der Waals surface area contributed by atoms with E-state index < -0.39 is 45.1 Å². The molecule has 0 bridgehead atoms. The molecule has 0 aromatic carbocycles. The van der Waals surface area contributed by atoms with Crippen molar-refractivity contribution in [2.24, 2.45) is 11.3 Å². The first-order valence-corrected chi connectivity index (χ1v) is 16.4. The van der Waals surface area contributed by atoms with E-state index in [0.717, 1.165) is 12.8 Å². The third kappa shape index (κ3) is 6.30. The van der Waals surface area contributed by atoms with E-state index in [2.05, 4.69) is 16.7 Å². The van der Waals surface area contributed by atoms with Gasteiger partial charge >= 0.3 is 6.18 Å². The number of amides is 2. The molecule has 44 heavy (non-hydrogen) atoms. The molecule has 0 spiro atoms. The third-order valence-corrected chi connectivity index (χ3v) is 10.0. The molecule has 3 fully saturated rings. The van der Waals surface area contributed by atoms with Crippen LogP contribution in [0.4, 0.5) is 24.8 Å². The normalized spacial score (nSPS) is 22.9. The number of aromatic nitrogens is 3. The molecular formula is C29H39F3N6O5S. The maximum atomic E-state index is 13.5. The van der Waals surface area contributed by atoms with Gasteiger partial charge in [-0.05, 0) is 70.1 Å². The van der Waals surface area contributed by atoms with E-state index in [4.69, 9.17) is 9.72 Å². The van der Waals surface area contributed by atoms with Gasteiger partial charge in [-0.1, -0.05) is 13.8 Å². The molecule has 2 unspecified atom stereocenters. The van der Waals surface area contributed by atoms with E-state index in [-0.39, 0.29) is 67.0 Å². The maximum Gasteiger partial charge on any atom is 0.394 e. The van der Waals surface area contributed by atoms with Gasteiger partial charge in [0.15, 0.2) is 5.03 Å². The van der Waals surface area contributed by atoms with Crippen molar-refractivity contribution in [2.45, 2.75) is 95.6 Å².